The monoisotopic (exact) mass is 200 g/mol. The maximum Gasteiger partial charge on any atom is 0.503 e. The van der Waals surface area contributed by atoms with Crippen LogP contribution in [0.25, 0.3) is 0 Å². The normalized spacial score (nSPS) is 9.92. The molecule has 0 amide bonds. The van der Waals surface area contributed by atoms with Crippen LogP contribution >= 0.6 is 0 Å². The zero-order valence-corrected chi connectivity index (χ0v) is 7.29. The zero-order chi connectivity index (χ0) is 11.3. The summed E-state index contributed by atoms with van der Waals surface area (Å²) in [5.41, 5.74) is 0. The molecule has 0 aromatic rings. The van der Waals surface area contributed by atoms with Crippen LogP contribution in [-0.2, 0) is 0 Å². The second-order valence-corrected chi connectivity index (χ2v) is 1.76. The number of hydrogen-bond donors (Lipinski definition) is 6. The second kappa shape index (κ2) is 17.3. The summed E-state index contributed by atoms with van der Waals surface area (Å²) >= 11 is 0. The summed E-state index contributed by atoms with van der Waals surface area (Å²) in [7, 11) is 0. The summed E-state index contributed by atoms with van der Waals surface area (Å²) < 4.78 is 0. The highest BCUT2D eigenvalue weighted by Crippen LogP contribution is 1.68. The van der Waals surface area contributed by atoms with Crippen molar-refractivity contribution >= 4 is 6.16 Å². The lowest BCUT2D eigenvalue weighted by Crippen LogP contribution is -2.03. The average molecular weight is 200 g/mol. The highest BCUT2D eigenvalue weighted by Gasteiger charge is 1.83. The van der Waals surface area contributed by atoms with E-state index in [0.29, 0.717) is 0 Å². The van der Waals surface area contributed by atoms with E-state index in [1.54, 1.807) is 0 Å². The molecule has 0 saturated carbocycles. The van der Waals surface area contributed by atoms with Gasteiger partial charge in [0.1, 0.15) is 0 Å². The molecule has 0 heterocycles. The Balaban J connectivity index is -0.000000117. The van der Waals surface area contributed by atoms with Crippen LogP contribution in [0.15, 0.2) is 0 Å². The Bertz CT molecular complexity index is 87.0. The maximum absolute atomic E-state index is 8.56. The van der Waals surface area contributed by atoms with Gasteiger partial charge in [0.2, 0.25) is 0 Å². The highest BCUT2D eigenvalue weighted by atomic mass is 16.6. The van der Waals surface area contributed by atoms with E-state index in [0.717, 1.165) is 0 Å². The number of aliphatic hydroxyl groups is 4. The van der Waals surface area contributed by atoms with Crippen LogP contribution in [0.5, 0.6) is 0 Å². The van der Waals surface area contributed by atoms with Crippen molar-refractivity contribution in [3.63, 3.8) is 0 Å². The lowest BCUT2D eigenvalue weighted by molar-refractivity contribution is 0.110. The quantitative estimate of drug-likeness (QED) is 0.320. The number of aliphatic hydroxyl groups excluding tert-OH is 4. The third-order valence-corrected chi connectivity index (χ3v) is 0.364. The number of hydrogen-bond acceptors (Lipinski definition) is 5. The van der Waals surface area contributed by atoms with Crippen molar-refractivity contribution in [2.24, 2.45) is 0 Å². The van der Waals surface area contributed by atoms with Gasteiger partial charge in [-0.1, -0.05) is 0 Å². The molecule has 6 N–H and O–H groups in total. The smallest absolute Gasteiger partial charge is 0.450 e. The average Bonchev–Trinajstić information content (AvgIpc) is 2.04. The maximum atomic E-state index is 8.56. The molecule has 0 aliphatic heterocycles. The van der Waals surface area contributed by atoms with Crippen molar-refractivity contribution in [1.29, 1.82) is 0 Å². The van der Waals surface area contributed by atoms with Crippen molar-refractivity contribution in [2.75, 3.05) is 19.8 Å². The highest BCUT2D eigenvalue weighted by molar-refractivity contribution is 5.53. The SMILES string of the molecule is CC(O)CO.O=C(O)O.OCCO. The molecule has 0 spiro atoms. The van der Waals surface area contributed by atoms with Gasteiger partial charge in [0.25, 0.3) is 0 Å². The fraction of sp³-hybridized carbons (Fsp3) is 0.833. The number of carboxylic acid groups (broad SMARTS) is 2. The largest absolute Gasteiger partial charge is 0.503 e. The molecule has 7 heteroatoms. The van der Waals surface area contributed by atoms with Crippen LogP contribution in [0.3, 0.4) is 0 Å². The van der Waals surface area contributed by atoms with E-state index in [1.807, 2.05) is 0 Å². The predicted molar refractivity (Wildman–Crippen MR) is 43.6 cm³/mol. The van der Waals surface area contributed by atoms with Crippen molar-refractivity contribution in [2.45, 2.75) is 13.0 Å². The van der Waals surface area contributed by atoms with E-state index in [4.69, 9.17) is 35.4 Å². The first-order valence-electron chi connectivity index (χ1n) is 3.34. The predicted octanol–water partition coefficient (Wildman–Crippen LogP) is -1.45. The van der Waals surface area contributed by atoms with Crippen LogP contribution in [-0.4, -0.2) is 62.7 Å². The number of rotatable bonds is 2. The van der Waals surface area contributed by atoms with Gasteiger partial charge in [0.15, 0.2) is 0 Å². The molecule has 7 nitrogen and oxygen atoms in total. The van der Waals surface area contributed by atoms with Crippen molar-refractivity contribution in [3.05, 3.63) is 0 Å². The van der Waals surface area contributed by atoms with Gasteiger partial charge < -0.3 is 30.6 Å². The molecular weight excluding hydrogens is 184 g/mol. The third-order valence-electron chi connectivity index (χ3n) is 0.364. The second-order valence-electron chi connectivity index (χ2n) is 1.76. The Hall–Kier alpha value is -0.890. The van der Waals surface area contributed by atoms with Gasteiger partial charge in [0, 0.05) is 0 Å². The molecule has 0 aliphatic rings. The minimum Gasteiger partial charge on any atom is -0.450 e. The molecule has 0 aromatic heterocycles. The molecular formula is C6H16O7. The first-order chi connectivity index (χ1) is 5.92. The van der Waals surface area contributed by atoms with E-state index >= 15 is 0 Å². The molecule has 0 radical (unpaired) electrons. The molecule has 0 rings (SSSR count). The molecule has 1 unspecified atom stereocenters. The molecule has 0 fully saturated rings. The zero-order valence-electron chi connectivity index (χ0n) is 7.29. The summed E-state index contributed by atoms with van der Waals surface area (Å²) in [6, 6.07) is 0. The Morgan fingerprint density at radius 3 is 1.31 bits per heavy atom. The minimum atomic E-state index is -1.83. The van der Waals surface area contributed by atoms with Crippen molar-refractivity contribution in [1.82, 2.24) is 0 Å². The van der Waals surface area contributed by atoms with Gasteiger partial charge in [-0.25, -0.2) is 4.79 Å². The van der Waals surface area contributed by atoms with Crippen LogP contribution in [0.2, 0.25) is 0 Å². The fourth-order valence-corrected chi connectivity index (χ4v) is 0. The van der Waals surface area contributed by atoms with Crippen LogP contribution in [0.4, 0.5) is 4.79 Å². The molecule has 0 aromatic carbocycles. The third kappa shape index (κ3) is 207. The number of carbonyl (C=O) groups is 1. The molecule has 0 bridgehead atoms. The Kier molecular flexibility index (Phi) is 23.9. The molecule has 1 atom stereocenters. The summed E-state index contributed by atoms with van der Waals surface area (Å²) in [6.07, 6.45) is -2.39. The fourth-order valence-electron chi connectivity index (χ4n) is 0. The lowest BCUT2D eigenvalue weighted by Gasteiger charge is -1.90. The summed E-state index contributed by atoms with van der Waals surface area (Å²) in [4.78, 5) is 8.56. The van der Waals surface area contributed by atoms with Crippen LogP contribution in [0.1, 0.15) is 6.92 Å². The molecule has 0 aliphatic carbocycles. The molecule has 82 valence electrons. The van der Waals surface area contributed by atoms with Gasteiger partial charge in [0.05, 0.1) is 25.9 Å². The summed E-state index contributed by atoms with van der Waals surface area (Å²) in [5.74, 6) is 0. The summed E-state index contributed by atoms with van der Waals surface area (Å²) in [5, 5.41) is 45.2. The van der Waals surface area contributed by atoms with Gasteiger partial charge in [-0.2, -0.15) is 0 Å². The van der Waals surface area contributed by atoms with E-state index < -0.39 is 12.3 Å². The molecule has 0 saturated heterocycles. The van der Waals surface area contributed by atoms with Gasteiger partial charge in [-0.3, -0.25) is 0 Å². The van der Waals surface area contributed by atoms with E-state index in [-0.39, 0.29) is 19.8 Å². The first kappa shape index (κ1) is 18.0. The van der Waals surface area contributed by atoms with E-state index in [2.05, 4.69) is 0 Å². The first-order valence-corrected chi connectivity index (χ1v) is 3.34. The summed E-state index contributed by atoms with van der Waals surface area (Å²) in [6.45, 7) is 1.14. The Morgan fingerprint density at radius 2 is 1.31 bits per heavy atom. The van der Waals surface area contributed by atoms with Gasteiger partial charge >= 0.3 is 6.16 Å². The van der Waals surface area contributed by atoms with Crippen LogP contribution < -0.4 is 0 Å². The molecule has 13 heavy (non-hydrogen) atoms. The topological polar surface area (TPSA) is 138 Å². The van der Waals surface area contributed by atoms with Gasteiger partial charge in [-0.05, 0) is 6.92 Å². The Morgan fingerprint density at radius 1 is 1.15 bits per heavy atom. The van der Waals surface area contributed by atoms with Crippen molar-refractivity contribution in [3.8, 4) is 0 Å². The standard InChI is InChI=1S/C3H8O2.C2H6O2.CH2O3/c1-3(5)2-4;3-1-2-4;2-1(3)4/h3-5H,2H2,1H3;3-4H,1-2H2;(H2,2,3,4). The lowest BCUT2D eigenvalue weighted by atomic mass is 10.5. The van der Waals surface area contributed by atoms with Crippen LogP contribution in [0, 0.1) is 0 Å². The minimum absolute atomic E-state index is 0.125. The van der Waals surface area contributed by atoms with E-state index in [1.165, 1.54) is 6.92 Å². The van der Waals surface area contributed by atoms with Gasteiger partial charge in [-0.15, -0.1) is 0 Å². The Labute approximate surface area is 75.5 Å². The van der Waals surface area contributed by atoms with Crippen molar-refractivity contribution < 1.29 is 35.4 Å². The van der Waals surface area contributed by atoms with E-state index in [9.17, 15) is 0 Å².